The van der Waals surface area contributed by atoms with Crippen LogP contribution < -0.4 is 4.74 Å². The fourth-order valence-electron chi connectivity index (χ4n) is 4.37. The number of ether oxygens (including phenoxy) is 1. The molecule has 4 aromatic rings. The van der Waals surface area contributed by atoms with Crippen molar-refractivity contribution in [3.8, 4) is 5.75 Å². The molecule has 1 aromatic heterocycles. The summed E-state index contributed by atoms with van der Waals surface area (Å²) in [5.74, 6) is -0.124. The average molecular weight is 494 g/mol. The van der Waals surface area contributed by atoms with Crippen molar-refractivity contribution in [1.82, 2.24) is 4.57 Å². The SMILES string of the molecule is Cc1cc(OCCCn2c(C)c(Sc3cccc4ccccc34)c(C)c2C(=O)O)cc(C)c1Cl. The van der Waals surface area contributed by atoms with E-state index in [1.165, 1.54) is 10.8 Å². The topological polar surface area (TPSA) is 51.5 Å². The maximum Gasteiger partial charge on any atom is 0.352 e. The Labute approximate surface area is 209 Å². The van der Waals surface area contributed by atoms with Crippen LogP contribution in [0.1, 0.15) is 39.3 Å². The van der Waals surface area contributed by atoms with Crippen LogP contribution in [-0.4, -0.2) is 22.2 Å². The Morgan fingerprint density at radius 1 is 1.03 bits per heavy atom. The lowest BCUT2D eigenvalue weighted by molar-refractivity contribution is 0.0683. The van der Waals surface area contributed by atoms with Crippen molar-refractivity contribution in [2.45, 2.75) is 50.5 Å². The second-order valence-corrected chi connectivity index (χ2v) is 9.93. The minimum atomic E-state index is -0.907. The Balaban J connectivity index is 1.55. The highest BCUT2D eigenvalue weighted by Gasteiger charge is 2.23. The fourth-order valence-corrected chi connectivity index (χ4v) is 5.65. The molecule has 3 aromatic carbocycles. The van der Waals surface area contributed by atoms with Gasteiger partial charge < -0.3 is 14.4 Å². The number of hydrogen-bond donors (Lipinski definition) is 1. The zero-order chi connectivity index (χ0) is 24.4. The summed E-state index contributed by atoms with van der Waals surface area (Å²) < 4.78 is 7.85. The predicted octanol–water partition coefficient (Wildman–Crippen LogP) is 7.85. The van der Waals surface area contributed by atoms with Gasteiger partial charge in [0, 0.05) is 27.1 Å². The van der Waals surface area contributed by atoms with Gasteiger partial charge in [-0.25, -0.2) is 4.79 Å². The number of fused-ring (bicyclic) bond motifs is 1. The number of aryl methyl sites for hydroxylation is 2. The first kappa shape index (κ1) is 24.2. The number of carboxylic acid groups (broad SMARTS) is 1. The molecular weight excluding hydrogens is 466 g/mol. The van der Waals surface area contributed by atoms with Crippen LogP contribution in [0.15, 0.2) is 64.4 Å². The minimum absolute atomic E-state index is 0.346. The Bertz CT molecular complexity index is 1350. The monoisotopic (exact) mass is 493 g/mol. The van der Waals surface area contributed by atoms with Crippen molar-refractivity contribution in [3.05, 3.63) is 87.7 Å². The van der Waals surface area contributed by atoms with Gasteiger partial charge in [0.2, 0.25) is 0 Å². The number of aromatic carboxylic acids is 1. The maximum atomic E-state index is 12.2. The molecule has 0 fully saturated rings. The molecule has 0 aliphatic carbocycles. The molecular formula is C28H28ClNO3S. The highest BCUT2D eigenvalue weighted by atomic mass is 35.5. The van der Waals surface area contributed by atoms with Crippen LogP contribution in [-0.2, 0) is 6.54 Å². The Morgan fingerprint density at radius 3 is 2.41 bits per heavy atom. The lowest BCUT2D eigenvalue weighted by Crippen LogP contribution is -2.13. The highest BCUT2D eigenvalue weighted by molar-refractivity contribution is 7.99. The molecule has 6 heteroatoms. The summed E-state index contributed by atoms with van der Waals surface area (Å²) in [7, 11) is 0. The van der Waals surface area contributed by atoms with Gasteiger partial charge in [-0.3, -0.25) is 0 Å². The average Bonchev–Trinajstić information content (AvgIpc) is 3.04. The first-order valence-electron chi connectivity index (χ1n) is 11.3. The minimum Gasteiger partial charge on any atom is -0.494 e. The standard InChI is InChI=1S/C28H28ClNO3S/c1-17-15-22(16-18(2)25(17)29)33-14-8-13-30-20(4)27(19(3)26(30)28(31)32)34-24-12-7-10-21-9-5-6-11-23(21)24/h5-7,9-12,15-16H,8,13-14H2,1-4H3,(H,31,32). The molecule has 0 aliphatic rings. The Hall–Kier alpha value is -2.89. The molecule has 1 N–H and O–H groups in total. The molecule has 1 heterocycles. The number of rotatable bonds is 8. The normalized spacial score (nSPS) is 11.2. The van der Waals surface area contributed by atoms with Crippen molar-refractivity contribution < 1.29 is 14.6 Å². The van der Waals surface area contributed by atoms with Gasteiger partial charge in [0.05, 0.1) is 6.61 Å². The van der Waals surface area contributed by atoms with Crippen molar-refractivity contribution in [3.63, 3.8) is 0 Å². The maximum absolute atomic E-state index is 12.2. The first-order chi connectivity index (χ1) is 16.3. The molecule has 0 saturated heterocycles. The van der Waals surface area contributed by atoms with E-state index < -0.39 is 5.97 Å². The second kappa shape index (κ2) is 10.2. The van der Waals surface area contributed by atoms with E-state index in [9.17, 15) is 9.90 Å². The molecule has 4 nitrogen and oxygen atoms in total. The largest absolute Gasteiger partial charge is 0.494 e. The number of halogens is 1. The Kier molecular flexibility index (Phi) is 7.24. The van der Waals surface area contributed by atoms with Gasteiger partial charge in [-0.15, -0.1) is 0 Å². The second-order valence-electron chi connectivity index (χ2n) is 8.50. The fraction of sp³-hybridized carbons (Fsp3) is 0.250. The number of carbonyl (C=O) groups is 1. The van der Waals surface area contributed by atoms with Gasteiger partial charge in [-0.1, -0.05) is 59.8 Å². The predicted molar refractivity (Wildman–Crippen MR) is 140 cm³/mol. The molecule has 0 amide bonds. The van der Waals surface area contributed by atoms with Gasteiger partial charge in [0.25, 0.3) is 0 Å². The third kappa shape index (κ3) is 4.82. The molecule has 0 radical (unpaired) electrons. The van der Waals surface area contributed by atoms with E-state index in [1.807, 2.05) is 62.6 Å². The number of benzene rings is 3. The van der Waals surface area contributed by atoms with E-state index in [2.05, 4.69) is 24.3 Å². The van der Waals surface area contributed by atoms with Crippen LogP contribution in [0.25, 0.3) is 10.8 Å². The molecule has 0 atom stereocenters. The van der Waals surface area contributed by atoms with Gasteiger partial charge in [-0.05, 0) is 79.8 Å². The summed E-state index contributed by atoms with van der Waals surface area (Å²) in [5, 5.41) is 13.1. The number of carboxylic acids is 1. The highest BCUT2D eigenvalue weighted by Crippen LogP contribution is 2.39. The van der Waals surface area contributed by atoms with Crippen LogP contribution in [0.4, 0.5) is 0 Å². The molecule has 34 heavy (non-hydrogen) atoms. The lowest BCUT2D eigenvalue weighted by atomic mass is 10.1. The Morgan fingerprint density at radius 2 is 1.71 bits per heavy atom. The summed E-state index contributed by atoms with van der Waals surface area (Å²) in [6.45, 7) is 8.87. The van der Waals surface area contributed by atoms with Crippen molar-refractivity contribution in [1.29, 1.82) is 0 Å². The van der Waals surface area contributed by atoms with Crippen molar-refractivity contribution >= 4 is 40.1 Å². The molecule has 0 unspecified atom stereocenters. The number of nitrogens with zero attached hydrogens (tertiary/aromatic N) is 1. The summed E-state index contributed by atoms with van der Waals surface area (Å²) >= 11 is 7.88. The number of aromatic nitrogens is 1. The molecule has 0 spiro atoms. The number of hydrogen-bond acceptors (Lipinski definition) is 3. The molecule has 0 aliphatic heterocycles. The third-order valence-corrected chi connectivity index (χ3v) is 8.05. The van der Waals surface area contributed by atoms with Crippen LogP contribution in [0.3, 0.4) is 0 Å². The van der Waals surface area contributed by atoms with Crippen LogP contribution >= 0.6 is 23.4 Å². The van der Waals surface area contributed by atoms with E-state index in [4.69, 9.17) is 16.3 Å². The van der Waals surface area contributed by atoms with E-state index in [0.717, 1.165) is 42.9 Å². The first-order valence-corrected chi connectivity index (χ1v) is 12.5. The third-order valence-electron chi connectivity index (χ3n) is 6.07. The lowest BCUT2D eigenvalue weighted by Gasteiger charge is -2.12. The van der Waals surface area contributed by atoms with Crippen LogP contribution in [0.5, 0.6) is 5.75 Å². The van der Waals surface area contributed by atoms with Gasteiger partial charge in [-0.2, -0.15) is 0 Å². The smallest absolute Gasteiger partial charge is 0.352 e. The molecule has 0 bridgehead atoms. The van der Waals surface area contributed by atoms with E-state index in [1.54, 1.807) is 11.8 Å². The zero-order valence-electron chi connectivity index (χ0n) is 19.8. The van der Waals surface area contributed by atoms with Gasteiger partial charge >= 0.3 is 5.97 Å². The van der Waals surface area contributed by atoms with Gasteiger partial charge in [0.1, 0.15) is 11.4 Å². The van der Waals surface area contributed by atoms with Crippen molar-refractivity contribution in [2.75, 3.05) is 6.61 Å². The van der Waals surface area contributed by atoms with E-state index in [0.29, 0.717) is 25.3 Å². The summed E-state index contributed by atoms with van der Waals surface area (Å²) in [5.41, 5.74) is 4.07. The zero-order valence-corrected chi connectivity index (χ0v) is 21.4. The summed E-state index contributed by atoms with van der Waals surface area (Å²) in [4.78, 5) is 14.3. The van der Waals surface area contributed by atoms with E-state index >= 15 is 0 Å². The summed E-state index contributed by atoms with van der Waals surface area (Å²) in [6.07, 6.45) is 0.689. The van der Waals surface area contributed by atoms with Gasteiger partial charge in [0.15, 0.2) is 0 Å². The van der Waals surface area contributed by atoms with Crippen molar-refractivity contribution in [2.24, 2.45) is 0 Å². The quantitative estimate of drug-likeness (QED) is 0.254. The molecule has 4 rings (SSSR count). The van der Waals surface area contributed by atoms with Crippen LogP contribution in [0.2, 0.25) is 5.02 Å². The van der Waals surface area contributed by atoms with Crippen LogP contribution in [0, 0.1) is 27.7 Å². The van der Waals surface area contributed by atoms with E-state index in [-0.39, 0.29) is 0 Å². The summed E-state index contributed by atoms with van der Waals surface area (Å²) in [6, 6.07) is 18.4. The molecule has 176 valence electrons. The molecule has 0 saturated carbocycles.